The second-order valence-electron chi connectivity index (χ2n) is 5.19. The van der Waals surface area contributed by atoms with Crippen molar-refractivity contribution in [2.24, 2.45) is 0 Å². The first-order chi connectivity index (χ1) is 9.28. The summed E-state index contributed by atoms with van der Waals surface area (Å²) in [5, 5.41) is 5.12. The van der Waals surface area contributed by atoms with Crippen molar-refractivity contribution < 1.29 is 8.91 Å². The molecule has 3 rings (SSSR count). The molecule has 1 radical (unpaired) electrons. The summed E-state index contributed by atoms with van der Waals surface area (Å²) in [7, 11) is 0. The lowest BCUT2D eigenvalue weighted by Gasteiger charge is -2.30. The Morgan fingerprint density at radius 3 is 2.95 bits per heavy atom. The number of benzene rings is 1. The number of hydrogen-bond acceptors (Lipinski definition) is 3. The molecule has 0 N–H and O–H groups in total. The molecule has 3 nitrogen and oxygen atoms in total. The van der Waals surface area contributed by atoms with Crippen LogP contribution in [0.5, 0.6) is 0 Å². The van der Waals surface area contributed by atoms with Gasteiger partial charge in [0.2, 0.25) is 0 Å². The van der Waals surface area contributed by atoms with E-state index in [1.807, 2.05) is 0 Å². The van der Waals surface area contributed by atoms with Crippen LogP contribution in [0.15, 0.2) is 22.7 Å². The number of piperidine rings is 1. The number of hydrogen-bond donors (Lipinski definition) is 0. The van der Waals surface area contributed by atoms with Crippen LogP contribution in [-0.2, 0) is 0 Å². The van der Waals surface area contributed by atoms with Gasteiger partial charge in [0.15, 0.2) is 5.58 Å². The number of nitrogens with zero attached hydrogens (tertiary/aromatic N) is 2. The summed E-state index contributed by atoms with van der Waals surface area (Å²) in [6, 6.07) is 4.67. The van der Waals surface area contributed by atoms with Crippen molar-refractivity contribution in [2.45, 2.75) is 25.7 Å². The van der Waals surface area contributed by atoms with Gasteiger partial charge in [0.1, 0.15) is 5.82 Å². The Hall–Kier alpha value is -1.42. The van der Waals surface area contributed by atoms with E-state index < -0.39 is 0 Å². The highest BCUT2D eigenvalue weighted by Gasteiger charge is 2.24. The molecule has 1 aliphatic heterocycles. The van der Waals surface area contributed by atoms with Gasteiger partial charge in [-0.3, -0.25) is 0 Å². The predicted molar refractivity (Wildman–Crippen MR) is 72.4 cm³/mol. The zero-order valence-electron chi connectivity index (χ0n) is 11.1. The van der Waals surface area contributed by atoms with Crippen molar-refractivity contribution in [3.8, 4) is 0 Å². The van der Waals surface area contributed by atoms with Crippen molar-refractivity contribution in [1.29, 1.82) is 0 Å². The van der Waals surface area contributed by atoms with Crippen LogP contribution in [0.25, 0.3) is 11.0 Å². The first-order valence-electron chi connectivity index (χ1n) is 6.83. The summed E-state index contributed by atoms with van der Waals surface area (Å²) < 4.78 is 18.4. The third kappa shape index (κ3) is 2.50. The molecule has 1 fully saturated rings. The Balaban J connectivity index is 1.78. The zero-order valence-corrected chi connectivity index (χ0v) is 11.1. The fourth-order valence-corrected chi connectivity index (χ4v) is 2.87. The lowest BCUT2D eigenvalue weighted by molar-refractivity contribution is 0.223. The standard InChI is InChI=1S/C15H18FN2O/c1-2-7-18-8-5-11(6-9-18)15-13-4-3-12(16)10-14(13)19-17-15/h2-4,10-11H,5-9H2,1H3. The van der Waals surface area contributed by atoms with Gasteiger partial charge in [0.25, 0.3) is 0 Å². The van der Waals surface area contributed by atoms with E-state index in [-0.39, 0.29) is 5.82 Å². The minimum atomic E-state index is -0.275. The molecule has 0 bridgehead atoms. The quantitative estimate of drug-likeness (QED) is 0.848. The highest BCUT2D eigenvalue weighted by Crippen LogP contribution is 2.32. The molecule has 0 aliphatic carbocycles. The number of fused-ring (bicyclic) bond motifs is 1. The Kier molecular flexibility index (Phi) is 3.51. The van der Waals surface area contributed by atoms with E-state index in [1.54, 1.807) is 6.07 Å². The maximum absolute atomic E-state index is 13.1. The summed E-state index contributed by atoms with van der Waals surface area (Å²) in [5.41, 5.74) is 1.55. The van der Waals surface area contributed by atoms with Crippen LogP contribution in [0.3, 0.4) is 0 Å². The fraction of sp³-hybridized carbons (Fsp3) is 0.467. The van der Waals surface area contributed by atoms with E-state index in [2.05, 4.69) is 23.4 Å². The van der Waals surface area contributed by atoms with Crippen LogP contribution in [0, 0.1) is 12.2 Å². The third-order valence-electron chi connectivity index (χ3n) is 3.88. The molecule has 1 aromatic carbocycles. The number of aromatic nitrogens is 1. The Labute approximate surface area is 112 Å². The average molecular weight is 261 g/mol. The molecular formula is C15H18FN2O. The van der Waals surface area contributed by atoms with Crippen LogP contribution in [-0.4, -0.2) is 29.7 Å². The maximum atomic E-state index is 13.1. The zero-order chi connectivity index (χ0) is 13.2. The SMILES string of the molecule is C[CH]CN1CCC(c2noc3cc(F)ccc23)CC1. The minimum absolute atomic E-state index is 0.275. The first kappa shape index (κ1) is 12.6. The van der Waals surface area contributed by atoms with Crippen molar-refractivity contribution in [3.05, 3.63) is 36.1 Å². The van der Waals surface area contributed by atoms with Crippen LogP contribution >= 0.6 is 0 Å². The Bertz CT molecular complexity index is 558. The average Bonchev–Trinajstić information content (AvgIpc) is 2.83. The van der Waals surface area contributed by atoms with Gasteiger partial charge < -0.3 is 9.42 Å². The molecule has 0 unspecified atom stereocenters. The van der Waals surface area contributed by atoms with Gasteiger partial charge in [-0.1, -0.05) is 12.1 Å². The topological polar surface area (TPSA) is 29.3 Å². The molecule has 1 aromatic heterocycles. The van der Waals surface area contributed by atoms with Crippen LogP contribution in [0.1, 0.15) is 31.4 Å². The lowest BCUT2D eigenvalue weighted by atomic mass is 9.91. The van der Waals surface area contributed by atoms with Gasteiger partial charge in [-0.15, -0.1) is 0 Å². The van der Waals surface area contributed by atoms with Crippen LogP contribution in [0.4, 0.5) is 4.39 Å². The van der Waals surface area contributed by atoms with Crippen molar-refractivity contribution in [3.63, 3.8) is 0 Å². The molecule has 19 heavy (non-hydrogen) atoms. The van der Waals surface area contributed by atoms with Gasteiger partial charge >= 0.3 is 0 Å². The summed E-state index contributed by atoms with van der Waals surface area (Å²) in [4.78, 5) is 2.44. The van der Waals surface area contributed by atoms with E-state index in [9.17, 15) is 4.39 Å². The fourth-order valence-electron chi connectivity index (χ4n) is 2.87. The minimum Gasteiger partial charge on any atom is -0.356 e. The highest BCUT2D eigenvalue weighted by atomic mass is 19.1. The van der Waals surface area contributed by atoms with Gasteiger partial charge in [0, 0.05) is 23.9 Å². The molecule has 0 saturated carbocycles. The second-order valence-corrected chi connectivity index (χ2v) is 5.19. The molecule has 101 valence electrons. The van der Waals surface area contributed by atoms with Crippen molar-refractivity contribution >= 4 is 11.0 Å². The van der Waals surface area contributed by atoms with Gasteiger partial charge in [-0.25, -0.2) is 4.39 Å². The Morgan fingerprint density at radius 2 is 2.21 bits per heavy atom. The first-order valence-corrected chi connectivity index (χ1v) is 6.83. The molecule has 2 aromatic rings. The molecule has 2 heterocycles. The summed E-state index contributed by atoms with van der Waals surface area (Å²) >= 11 is 0. The van der Waals surface area contributed by atoms with Gasteiger partial charge in [-0.2, -0.15) is 0 Å². The molecule has 1 saturated heterocycles. The van der Waals surface area contributed by atoms with E-state index in [4.69, 9.17) is 4.52 Å². The normalized spacial score (nSPS) is 18.2. The maximum Gasteiger partial charge on any atom is 0.170 e. The lowest BCUT2D eigenvalue weighted by Crippen LogP contribution is -2.33. The molecule has 4 heteroatoms. The number of likely N-dealkylation sites (tertiary alicyclic amines) is 1. The largest absolute Gasteiger partial charge is 0.356 e. The molecule has 0 spiro atoms. The Morgan fingerprint density at radius 1 is 1.42 bits per heavy atom. The number of rotatable bonds is 3. The molecule has 1 aliphatic rings. The van der Waals surface area contributed by atoms with E-state index in [0.717, 1.165) is 43.6 Å². The monoisotopic (exact) mass is 261 g/mol. The predicted octanol–water partition coefficient (Wildman–Crippen LogP) is 3.37. The highest BCUT2D eigenvalue weighted by molar-refractivity contribution is 5.79. The van der Waals surface area contributed by atoms with Crippen molar-refractivity contribution in [2.75, 3.05) is 19.6 Å². The smallest absolute Gasteiger partial charge is 0.170 e. The summed E-state index contributed by atoms with van der Waals surface area (Å²) in [5.74, 6) is 0.156. The molecular weight excluding hydrogens is 243 g/mol. The summed E-state index contributed by atoms with van der Waals surface area (Å²) in [6.45, 7) is 5.32. The van der Waals surface area contributed by atoms with Crippen LogP contribution in [0.2, 0.25) is 0 Å². The van der Waals surface area contributed by atoms with Gasteiger partial charge in [-0.05, 0) is 44.5 Å². The van der Waals surface area contributed by atoms with E-state index >= 15 is 0 Å². The second kappa shape index (κ2) is 5.29. The van der Waals surface area contributed by atoms with Gasteiger partial charge in [0.05, 0.1) is 5.69 Å². The molecule has 0 amide bonds. The van der Waals surface area contributed by atoms with E-state index in [1.165, 1.54) is 12.1 Å². The van der Waals surface area contributed by atoms with Crippen LogP contribution < -0.4 is 0 Å². The summed E-state index contributed by atoms with van der Waals surface area (Å²) in [6.07, 6.45) is 4.37. The molecule has 0 atom stereocenters. The van der Waals surface area contributed by atoms with E-state index in [0.29, 0.717) is 11.5 Å². The van der Waals surface area contributed by atoms with Crippen molar-refractivity contribution in [1.82, 2.24) is 10.1 Å². The number of halogens is 1. The third-order valence-corrected chi connectivity index (χ3v) is 3.88.